The molecule has 104 valence electrons. The van der Waals surface area contributed by atoms with Crippen LogP contribution < -0.4 is 22.9 Å². The highest BCUT2D eigenvalue weighted by atomic mass is 15.2. The van der Waals surface area contributed by atoms with Gasteiger partial charge in [0.2, 0.25) is 23.8 Å². The molecule has 3 rings (SSSR count). The van der Waals surface area contributed by atoms with Crippen molar-refractivity contribution >= 4 is 23.8 Å². The number of nitrogen functional groups attached to an aromatic ring is 4. The topological polar surface area (TPSA) is 181 Å². The molecule has 0 bridgehead atoms. The third kappa shape index (κ3) is 2.11. The van der Waals surface area contributed by atoms with Crippen molar-refractivity contribution in [1.29, 1.82) is 0 Å². The molecule has 2 heterocycles. The molecule has 0 aromatic carbocycles. The van der Waals surface area contributed by atoms with Crippen LogP contribution in [0.15, 0.2) is 0 Å². The second-order valence-electron chi connectivity index (χ2n) is 4.61. The van der Waals surface area contributed by atoms with Gasteiger partial charge in [0.15, 0.2) is 0 Å². The lowest BCUT2D eigenvalue weighted by Crippen LogP contribution is -2.27. The molecule has 20 heavy (non-hydrogen) atoms. The molecule has 8 N–H and O–H groups in total. The normalized spacial score (nSPS) is 21.4. The van der Waals surface area contributed by atoms with Crippen molar-refractivity contribution in [3.8, 4) is 0 Å². The molecule has 2 atom stereocenters. The maximum atomic E-state index is 5.58. The number of aromatic nitrogens is 6. The average molecular weight is 274 g/mol. The zero-order valence-electron chi connectivity index (χ0n) is 10.6. The Morgan fingerprint density at radius 1 is 0.550 bits per heavy atom. The van der Waals surface area contributed by atoms with Gasteiger partial charge in [-0.3, -0.25) is 0 Å². The van der Waals surface area contributed by atoms with Gasteiger partial charge in [0.05, 0.1) is 0 Å². The molecule has 1 fully saturated rings. The smallest absolute Gasteiger partial charge is 0.225 e. The van der Waals surface area contributed by atoms with Crippen molar-refractivity contribution in [2.45, 2.75) is 24.7 Å². The Labute approximate surface area is 114 Å². The van der Waals surface area contributed by atoms with Crippen molar-refractivity contribution < 1.29 is 0 Å². The molecule has 10 nitrogen and oxygen atoms in total. The van der Waals surface area contributed by atoms with Crippen LogP contribution in [0, 0.1) is 0 Å². The lowest BCUT2D eigenvalue weighted by atomic mass is 9.72. The van der Waals surface area contributed by atoms with Gasteiger partial charge < -0.3 is 22.9 Å². The number of nitrogens with zero attached hydrogens (tertiary/aromatic N) is 6. The molecule has 0 saturated heterocycles. The largest absolute Gasteiger partial charge is 0.368 e. The third-order valence-corrected chi connectivity index (χ3v) is 3.31. The second-order valence-corrected chi connectivity index (χ2v) is 4.61. The van der Waals surface area contributed by atoms with E-state index in [1.165, 1.54) is 0 Å². The third-order valence-electron chi connectivity index (χ3n) is 3.31. The molecular weight excluding hydrogens is 260 g/mol. The van der Waals surface area contributed by atoms with E-state index >= 15 is 0 Å². The molecule has 0 radical (unpaired) electrons. The summed E-state index contributed by atoms with van der Waals surface area (Å²) in [5.41, 5.74) is 22.3. The lowest BCUT2D eigenvalue weighted by molar-refractivity contribution is 0.319. The summed E-state index contributed by atoms with van der Waals surface area (Å²) in [4.78, 5) is 24.0. The van der Waals surface area contributed by atoms with Gasteiger partial charge >= 0.3 is 0 Å². The highest BCUT2D eigenvalue weighted by Crippen LogP contribution is 2.47. The van der Waals surface area contributed by atoms with E-state index in [1.54, 1.807) is 0 Å². The first-order valence-electron chi connectivity index (χ1n) is 6.07. The summed E-state index contributed by atoms with van der Waals surface area (Å²) in [6, 6.07) is 0. The van der Waals surface area contributed by atoms with Crippen molar-refractivity contribution in [1.82, 2.24) is 29.9 Å². The number of rotatable bonds is 2. The van der Waals surface area contributed by atoms with Gasteiger partial charge in [-0.1, -0.05) is 0 Å². The fourth-order valence-electron chi connectivity index (χ4n) is 2.30. The predicted octanol–water partition coefficient (Wildman–Crippen LogP) is -0.953. The fourth-order valence-corrected chi connectivity index (χ4v) is 2.30. The Morgan fingerprint density at radius 2 is 0.850 bits per heavy atom. The molecule has 10 heteroatoms. The summed E-state index contributed by atoms with van der Waals surface area (Å²) in [5.74, 6) is 1.57. The van der Waals surface area contributed by atoms with Gasteiger partial charge in [0.25, 0.3) is 0 Å². The first-order chi connectivity index (χ1) is 9.52. The molecule has 0 spiro atoms. The van der Waals surface area contributed by atoms with Crippen LogP contribution in [0.4, 0.5) is 23.8 Å². The van der Waals surface area contributed by atoms with E-state index in [0.29, 0.717) is 11.6 Å². The molecule has 1 aliphatic rings. The molecule has 0 aliphatic heterocycles. The summed E-state index contributed by atoms with van der Waals surface area (Å²) in [7, 11) is 0. The maximum absolute atomic E-state index is 5.58. The SMILES string of the molecule is Nc1nc(N)nc(C2CC[C@H]2c2nc(N)nc(N)n2)n1. The summed E-state index contributed by atoms with van der Waals surface area (Å²) < 4.78 is 0. The van der Waals surface area contributed by atoms with E-state index in [4.69, 9.17) is 22.9 Å². The van der Waals surface area contributed by atoms with Crippen molar-refractivity contribution in [2.24, 2.45) is 0 Å². The lowest BCUT2D eigenvalue weighted by Gasteiger charge is -2.34. The molecule has 1 aliphatic carbocycles. The van der Waals surface area contributed by atoms with Crippen LogP contribution in [0.3, 0.4) is 0 Å². The van der Waals surface area contributed by atoms with Gasteiger partial charge in [-0.25, -0.2) is 0 Å². The van der Waals surface area contributed by atoms with E-state index in [2.05, 4.69) is 29.9 Å². The van der Waals surface area contributed by atoms with Crippen LogP contribution in [-0.2, 0) is 0 Å². The van der Waals surface area contributed by atoms with Crippen LogP contribution in [0.25, 0.3) is 0 Å². The van der Waals surface area contributed by atoms with Crippen molar-refractivity contribution in [3.05, 3.63) is 11.6 Å². The minimum Gasteiger partial charge on any atom is -0.368 e. The van der Waals surface area contributed by atoms with E-state index in [1.807, 2.05) is 0 Å². The molecule has 1 unspecified atom stereocenters. The Hall–Kier alpha value is -2.78. The summed E-state index contributed by atoms with van der Waals surface area (Å²) in [6.07, 6.45) is 1.78. The second kappa shape index (κ2) is 4.40. The Balaban J connectivity index is 1.92. The predicted molar refractivity (Wildman–Crippen MR) is 72.0 cm³/mol. The van der Waals surface area contributed by atoms with E-state index in [0.717, 1.165) is 12.8 Å². The van der Waals surface area contributed by atoms with Crippen molar-refractivity contribution in [2.75, 3.05) is 22.9 Å². The number of hydrogen-bond acceptors (Lipinski definition) is 10. The van der Waals surface area contributed by atoms with Crippen LogP contribution in [0.1, 0.15) is 36.3 Å². The monoisotopic (exact) mass is 274 g/mol. The van der Waals surface area contributed by atoms with E-state index in [9.17, 15) is 0 Å². The Kier molecular flexibility index (Phi) is 2.70. The van der Waals surface area contributed by atoms with E-state index < -0.39 is 0 Å². The minimum absolute atomic E-state index is 0.0313. The number of nitrogens with two attached hydrogens (primary N) is 4. The zero-order valence-corrected chi connectivity index (χ0v) is 10.6. The summed E-state index contributed by atoms with van der Waals surface area (Å²) >= 11 is 0. The number of anilines is 4. The zero-order chi connectivity index (χ0) is 14.3. The summed E-state index contributed by atoms with van der Waals surface area (Å²) in [6.45, 7) is 0. The maximum Gasteiger partial charge on any atom is 0.225 e. The molecule has 1 saturated carbocycles. The van der Waals surface area contributed by atoms with Crippen LogP contribution in [0.5, 0.6) is 0 Å². The van der Waals surface area contributed by atoms with Gasteiger partial charge in [-0.15, -0.1) is 0 Å². The molecule has 0 amide bonds. The van der Waals surface area contributed by atoms with Crippen LogP contribution in [0.2, 0.25) is 0 Å². The van der Waals surface area contributed by atoms with Crippen LogP contribution >= 0.6 is 0 Å². The standard InChI is InChI=1S/C10H14N10/c11-7-15-5(16-8(12)19-7)3-1-2-4(3)6-17-9(13)20-10(14)18-6/h3-4H,1-2H2,(H4,11,12,15,16,19)(H4,13,14,17,18,20)/t3-,4?/m1/s1. The van der Waals surface area contributed by atoms with E-state index in [-0.39, 0.29) is 35.6 Å². The van der Waals surface area contributed by atoms with Crippen LogP contribution in [-0.4, -0.2) is 29.9 Å². The van der Waals surface area contributed by atoms with Crippen molar-refractivity contribution in [3.63, 3.8) is 0 Å². The van der Waals surface area contributed by atoms with Gasteiger partial charge in [-0.2, -0.15) is 29.9 Å². The fraction of sp³-hybridized carbons (Fsp3) is 0.400. The highest BCUT2D eigenvalue weighted by Gasteiger charge is 2.38. The summed E-state index contributed by atoms with van der Waals surface area (Å²) in [5, 5.41) is 0. The quantitative estimate of drug-likeness (QED) is 0.532. The number of hydrogen-bond donors (Lipinski definition) is 4. The van der Waals surface area contributed by atoms with Gasteiger partial charge in [0.1, 0.15) is 11.6 Å². The molecule has 2 aromatic heterocycles. The van der Waals surface area contributed by atoms with Gasteiger partial charge in [0, 0.05) is 11.8 Å². The molecular formula is C10H14N10. The Morgan fingerprint density at radius 3 is 1.10 bits per heavy atom. The first-order valence-corrected chi connectivity index (χ1v) is 6.07. The first kappa shape index (κ1) is 12.3. The average Bonchev–Trinajstić information content (AvgIpc) is 2.23. The Bertz CT molecular complexity index is 558. The minimum atomic E-state index is 0.0313. The van der Waals surface area contributed by atoms with Gasteiger partial charge in [-0.05, 0) is 12.8 Å². The molecule has 2 aromatic rings. The highest BCUT2D eigenvalue weighted by molar-refractivity contribution is 5.32.